The van der Waals surface area contributed by atoms with Crippen molar-refractivity contribution >= 4 is 49.8 Å². The molecule has 2 amide bonds. The van der Waals surface area contributed by atoms with Crippen molar-refractivity contribution in [2.24, 2.45) is 0 Å². The summed E-state index contributed by atoms with van der Waals surface area (Å²) in [6.45, 7) is 1.59. The summed E-state index contributed by atoms with van der Waals surface area (Å²) in [7, 11) is -4.24. The number of anilines is 1. The molecule has 1 aliphatic rings. The quantitative estimate of drug-likeness (QED) is 0.512. The zero-order valence-electron chi connectivity index (χ0n) is 18.7. The highest BCUT2D eigenvalue weighted by atomic mass is 35.5. The number of aromatic nitrogens is 1. The number of nitrogens with zero attached hydrogens (tertiary/aromatic N) is 2. The molecule has 0 aliphatic carbocycles. The Morgan fingerprint density at radius 2 is 1.78 bits per heavy atom. The van der Waals surface area contributed by atoms with Gasteiger partial charge < -0.3 is 19.5 Å². The van der Waals surface area contributed by atoms with Gasteiger partial charge in [-0.1, -0.05) is 29.8 Å². The Hall–Kier alpha value is -3.09. The highest BCUT2D eigenvalue weighted by Crippen LogP contribution is 2.34. The van der Waals surface area contributed by atoms with Crippen molar-refractivity contribution in [3.8, 4) is 0 Å². The Labute approximate surface area is 209 Å². The molecule has 13 heteroatoms. The van der Waals surface area contributed by atoms with E-state index in [2.05, 4.69) is 5.32 Å². The van der Waals surface area contributed by atoms with Crippen molar-refractivity contribution in [2.75, 3.05) is 37.4 Å². The van der Waals surface area contributed by atoms with Crippen LogP contribution in [-0.2, 0) is 36.9 Å². The first-order valence-corrected chi connectivity index (χ1v) is 12.8. The van der Waals surface area contributed by atoms with Crippen LogP contribution in [0.15, 0.2) is 53.6 Å². The molecule has 1 aromatic heterocycles. The molecule has 0 radical (unpaired) electrons. The van der Waals surface area contributed by atoms with E-state index in [4.69, 9.17) is 16.3 Å². The van der Waals surface area contributed by atoms with Crippen molar-refractivity contribution in [2.45, 2.75) is 17.6 Å². The number of para-hydroxylation sites is 1. The van der Waals surface area contributed by atoms with E-state index in [0.717, 1.165) is 12.1 Å². The second kappa shape index (κ2) is 10.1. The molecule has 1 fully saturated rings. The van der Waals surface area contributed by atoms with E-state index < -0.39 is 33.2 Å². The van der Waals surface area contributed by atoms with E-state index in [1.165, 1.54) is 10.8 Å². The molecule has 192 valence electrons. The zero-order chi connectivity index (χ0) is 26.1. The number of fused-ring (bicyclic) bond motifs is 1. The highest BCUT2D eigenvalue weighted by molar-refractivity contribution is 7.92. The number of sulfone groups is 1. The summed E-state index contributed by atoms with van der Waals surface area (Å²) in [5.74, 6) is -2.30. The molecule has 36 heavy (non-hydrogen) atoms. The topological polar surface area (TPSA) is 97.7 Å². The number of ether oxygens (including phenoxy) is 1. The number of carbonyl (C=O) groups excluding carboxylic acids is 2. The van der Waals surface area contributed by atoms with Crippen molar-refractivity contribution < 1.29 is 35.9 Å². The lowest BCUT2D eigenvalue weighted by molar-refractivity contribution is -0.137. The fraction of sp³-hybridized carbons (Fsp3) is 0.304. The predicted molar refractivity (Wildman–Crippen MR) is 126 cm³/mol. The van der Waals surface area contributed by atoms with Crippen LogP contribution in [-0.4, -0.2) is 61.8 Å². The number of hydrogen-bond acceptors (Lipinski definition) is 5. The van der Waals surface area contributed by atoms with Crippen molar-refractivity contribution in [3.05, 3.63) is 59.2 Å². The van der Waals surface area contributed by atoms with E-state index in [1.807, 2.05) is 0 Å². The molecule has 0 saturated carbocycles. The lowest BCUT2D eigenvalue weighted by Crippen LogP contribution is -2.42. The summed E-state index contributed by atoms with van der Waals surface area (Å²) in [5, 5.41) is 2.29. The standard InChI is InChI=1S/C23H21ClF3N3O5S/c24-17-6-5-15(23(25,26)27)11-18(17)28-21(31)14-36(33,34)20-12-30(19-4-2-1-3-16(19)20)13-22(32)29-7-9-35-10-8-29/h1-6,11-12H,7-10,13-14H2,(H,28,31). The van der Waals surface area contributed by atoms with Crippen LogP contribution in [0, 0.1) is 0 Å². The van der Waals surface area contributed by atoms with Gasteiger partial charge in [-0.2, -0.15) is 13.2 Å². The van der Waals surface area contributed by atoms with Gasteiger partial charge in [-0.05, 0) is 24.3 Å². The third-order valence-electron chi connectivity index (χ3n) is 5.65. The number of benzene rings is 2. The number of rotatable bonds is 6. The molecular weight excluding hydrogens is 523 g/mol. The Kier molecular flexibility index (Phi) is 7.30. The average molecular weight is 544 g/mol. The molecule has 0 spiro atoms. The number of carbonyl (C=O) groups is 2. The molecule has 1 N–H and O–H groups in total. The number of hydrogen-bond donors (Lipinski definition) is 1. The van der Waals surface area contributed by atoms with Crippen LogP contribution < -0.4 is 5.32 Å². The smallest absolute Gasteiger partial charge is 0.378 e. The molecule has 3 aromatic rings. The van der Waals surface area contributed by atoms with E-state index >= 15 is 0 Å². The highest BCUT2D eigenvalue weighted by Gasteiger charge is 2.31. The molecule has 0 unspecified atom stereocenters. The third-order valence-corrected chi connectivity index (χ3v) is 7.61. The lowest BCUT2D eigenvalue weighted by atomic mass is 10.2. The van der Waals surface area contributed by atoms with Crippen LogP contribution in [0.4, 0.5) is 18.9 Å². The maximum Gasteiger partial charge on any atom is 0.416 e. The van der Waals surface area contributed by atoms with Gasteiger partial charge in [0.15, 0.2) is 9.84 Å². The first-order chi connectivity index (χ1) is 17.0. The van der Waals surface area contributed by atoms with Crippen molar-refractivity contribution in [1.82, 2.24) is 9.47 Å². The number of halogens is 4. The molecule has 0 bridgehead atoms. The van der Waals surface area contributed by atoms with Gasteiger partial charge in [-0.15, -0.1) is 0 Å². The van der Waals surface area contributed by atoms with Crippen LogP contribution in [0.5, 0.6) is 0 Å². The fourth-order valence-electron chi connectivity index (χ4n) is 3.88. The summed E-state index contributed by atoms with van der Waals surface area (Å²) < 4.78 is 72.1. The second-order valence-corrected chi connectivity index (χ2v) is 10.5. The molecule has 8 nitrogen and oxygen atoms in total. The lowest BCUT2D eigenvalue weighted by Gasteiger charge is -2.27. The summed E-state index contributed by atoms with van der Waals surface area (Å²) in [6, 6.07) is 8.88. The van der Waals surface area contributed by atoms with Gasteiger partial charge in [0.1, 0.15) is 12.3 Å². The summed E-state index contributed by atoms with van der Waals surface area (Å²) >= 11 is 5.89. The van der Waals surface area contributed by atoms with Gasteiger partial charge in [-0.25, -0.2) is 8.42 Å². The van der Waals surface area contributed by atoms with Crippen LogP contribution in [0.1, 0.15) is 5.56 Å². The Balaban J connectivity index is 1.57. The molecule has 1 saturated heterocycles. The maximum absolute atomic E-state index is 13.2. The van der Waals surface area contributed by atoms with E-state index in [-0.39, 0.29) is 28.1 Å². The second-order valence-electron chi connectivity index (χ2n) is 8.13. The normalized spacial score (nSPS) is 14.7. The maximum atomic E-state index is 13.2. The fourth-order valence-corrected chi connectivity index (χ4v) is 5.42. The Bertz CT molecular complexity index is 1420. The van der Waals surface area contributed by atoms with Crippen molar-refractivity contribution in [1.29, 1.82) is 0 Å². The van der Waals surface area contributed by atoms with Crippen LogP contribution in [0.3, 0.4) is 0 Å². The minimum Gasteiger partial charge on any atom is -0.378 e. The third kappa shape index (κ3) is 5.66. The molecule has 2 aromatic carbocycles. The number of alkyl halides is 3. The van der Waals surface area contributed by atoms with E-state index in [1.54, 1.807) is 29.2 Å². The van der Waals surface area contributed by atoms with Crippen LogP contribution in [0.2, 0.25) is 5.02 Å². The summed E-state index contributed by atoms with van der Waals surface area (Å²) in [5.41, 5.74) is -0.915. The predicted octanol–water partition coefficient (Wildman–Crippen LogP) is 3.58. The number of morpholine rings is 1. The van der Waals surface area contributed by atoms with Gasteiger partial charge in [0.25, 0.3) is 0 Å². The first-order valence-electron chi connectivity index (χ1n) is 10.8. The summed E-state index contributed by atoms with van der Waals surface area (Å²) in [6.07, 6.45) is -3.38. The van der Waals surface area contributed by atoms with Gasteiger partial charge >= 0.3 is 6.18 Å². The number of nitrogens with one attached hydrogen (secondary N) is 1. The SMILES string of the molecule is O=C(CS(=O)(=O)c1cn(CC(=O)N2CCOCC2)c2ccccc12)Nc1cc(C(F)(F)F)ccc1Cl. The van der Waals surface area contributed by atoms with Gasteiger partial charge in [0.05, 0.1) is 34.4 Å². The molecule has 2 heterocycles. The van der Waals surface area contributed by atoms with Gasteiger partial charge in [0, 0.05) is 30.2 Å². The molecular formula is C23H21ClF3N3O5S. The van der Waals surface area contributed by atoms with Crippen LogP contribution in [0.25, 0.3) is 10.9 Å². The van der Waals surface area contributed by atoms with E-state index in [0.29, 0.717) is 43.3 Å². The monoisotopic (exact) mass is 543 g/mol. The number of amides is 2. The largest absolute Gasteiger partial charge is 0.416 e. The Morgan fingerprint density at radius 3 is 2.47 bits per heavy atom. The molecule has 4 rings (SSSR count). The zero-order valence-corrected chi connectivity index (χ0v) is 20.3. The van der Waals surface area contributed by atoms with Gasteiger partial charge in [0.2, 0.25) is 11.8 Å². The first kappa shape index (κ1) is 26.0. The van der Waals surface area contributed by atoms with Crippen LogP contribution >= 0.6 is 11.6 Å². The van der Waals surface area contributed by atoms with Crippen molar-refractivity contribution in [3.63, 3.8) is 0 Å². The Morgan fingerprint density at radius 1 is 1.08 bits per heavy atom. The summed E-state index contributed by atoms with van der Waals surface area (Å²) in [4.78, 5) is 26.7. The van der Waals surface area contributed by atoms with E-state index in [9.17, 15) is 31.2 Å². The molecule has 1 aliphatic heterocycles. The molecule has 0 atom stereocenters. The average Bonchev–Trinajstić information content (AvgIpc) is 3.19. The minimum atomic E-state index is -4.67. The van der Waals surface area contributed by atoms with Gasteiger partial charge in [-0.3, -0.25) is 9.59 Å². The minimum absolute atomic E-state index is 0.109.